The summed E-state index contributed by atoms with van der Waals surface area (Å²) in [5.74, 6) is 0.908. The second-order valence-electron chi connectivity index (χ2n) is 7.41. The van der Waals surface area contributed by atoms with Crippen molar-refractivity contribution in [3.8, 4) is 0 Å². The molecule has 0 aliphatic heterocycles. The molecule has 2 rings (SSSR count). The number of rotatable bonds is 6. The van der Waals surface area contributed by atoms with Crippen LogP contribution in [0.15, 0.2) is 36.7 Å². The van der Waals surface area contributed by atoms with Crippen LogP contribution in [0.25, 0.3) is 0 Å². The van der Waals surface area contributed by atoms with E-state index in [1.54, 1.807) is 6.20 Å². The SMILES string of the molecule is C[C@H](CC(=O)[C@H]1[C@H](C)C=CCC1(C)C)[NH2+]Cc1cccnc1. The number of nitrogens with two attached hydrogens (primary N) is 1. The number of carbonyl (C=O) groups excluding carboxylic acids is 1. The van der Waals surface area contributed by atoms with Crippen molar-refractivity contribution in [3.05, 3.63) is 42.2 Å². The highest BCUT2D eigenvalue weighted by molar-refractivity contribution is 5.82. The Labute approximate surface area is 134 Å². The molecule has 3 atom stereocenters. The average molecular weight is 301 g/mol. The van der Waals surface area contributed by atoms with Crippen molar-refractivity contribution < 1.29 is 10.1 Å². The maximum Gasteiger partial charge on any atom is 0.142 e. The number of ketones is 1. The summed E-state index contributed by atoms with van der Waals surface area (Å²) >= 11 is 0. The Kier molecular flexibility index (Phi) is 5.52. The van der Waals surface area contributed by atoms with Crippen LogP contribution in [0.5, 0.6) is 0 Å². The van der Waals surface area contributed by atoms with Gasteiger partial charge in [-0.25, -0.2) is 0 Å². The number of hydrogen-bond acceptors (Lipinski definition) is 2. The Morgan fingerprint density at radius 2 is 2.27 bits per heavy atom. The Morgan fingerprint density at radius 1 is 1.50 bits per heavy atom. The van der Waals surface area contributed by atoms with Gasteiger partial charge in [0, 0.05) is 23.9 Å². The topological polar surface area (TPSA) is 46.6 Å². The Balaban J connectivity index is 1.89. The van der Waals surface area contributed by atoms with E-state index in [-0.39, 0.29) is 11.3 Å². The molecule has 1 aromatic rings. The fraction of sp³-hybridized carbons (Fsp3) is 0.579. The van der Waals surface area contributed by atoms with Gasteiger partial charge in [-0.05, 0) is 30.7 Å². The number of nitrogens with zero attached hydrogens (tertiary/aromatic N) is 1. The molecule has 1 aliphatic rings. The largest absolute Gasteiger partial charge is 0.340 e. The average Bonchev–Trinajstić information content (AvgIpc) is 2.45. The minimum absolute atomic E-state index is 0.0777. The molecular weight excluding hydrogens is 272 g/mol. The minimum Gasteiger partial charge on any atom is -0.340 e. The smallest absolute Gasteiger partial charge is 0.142 e. The second-order valence-corrected chi connectivity index (χ2v) is 7.41. The number of hydrogen-bond donors (Lipinski definition) is 1. The Bertz CT molecular complexity index is 521. The number of carbonyl (C=O) groups is 1. The van der Waals surface area contributed by atoms with E-state index < -0.39 is 0 Å². The van der Waals surface area contributed by atoms with E-state index in [2.05, 4.69) is 56.2 Å². The van der Waals surface area contributed by atoms with Gasteiger partial charge in [-0.3, -0.25) is 9.78 Å². The van der Waals surface area contributed by atoms with Crippen LogP contribution in [-0.4, -0.2) is 16.8 Å². The maximum absolute atomic E-state index is 12.8. The van der Waals surface area contributed by atoms with Crippen LogP contribution >= 0.6 is 0 Å². The van der Waals surface area contributed by atoms with E-state index >= 15 is 0 Å². The zero-order chi connectivity index (χ0) is 16.2. The minimum atomic E-state index is 0.0777. The lowest BCUT2D eigenvalue weighted by Gasteiger charge is -2.39. The molecule has 0 aromatic carbocycles. The van der Waals surface area contributed by atoms with E-state index in [1.165, 1.54) is 5.56 Å². The molecule has 0 fully saturated rings. The summed E-state index contributed by atoms with van der Waals surface area (Å²) < 4.78 is 0. The highest BCUT2D eigenvalue weighted by Crippen LogP contribution is 2.41. The zero-order valence-corrected chi connectivity index (χ0v) is 14.3. The van der Waals surface area contributed by atoms with Gasteiger partial charge < -0.3 is 5.32 Å². The van der Waals surface area contributed by atoms with Gasteiger partial charge in [0.05, 0.1) is 12.5 Å². The summed E-state index contributed by atoms with van der Waals surface area (Å²) in [5.41, 5.74) is 1.28. The first-order valence-electron chi connectivity index (χ1n) is 8.32. The van der Waals surface area contributed by atoms with Crippen LogP contribution in [-0.2, 0) is 11.3 Å². The van der Waals surface area contributed by atoms with E-state index in [0.717, 1.165) is 13.0 Å². The predicted octanol–water partition coefficient (Wildman–Crippen LogP) is 2.73. The van der Waals surface area contributed by atoms with Gasteiger partial charge in [0.25, 0.3) is 0 Å². The molecule has 0 saturated carbocycles. The molecule has 1 aliphatic carbocycles. The van der Waals surface area contributed by atoms with E-state index in [9.17, 15) is 4.79 Å². The number of Topliss-reactive ketones (excluding diaryl/α,β-unsaturated/α-hetero) is 1. The number of aromatic nitrogens is 1. The lowest BCUT2D eigenvalue weighted by molar-refractivity contribution is -0.700. The number of allylic oxidation sites excluding steroid dienone is 2. The third-order valence-corrected chi connectivity index (χ3v) is 4.80. The summed E-state index contributed by atoms with van der Waals surface area (Å²) in [6.45, 7) is 9.64. The van der Waals surface area contributed by atoms with Crippen molar-refractivity contribution >= 4 is 5.78 Å². The van der Waals surface area contributed by atoms with Gasteiger partial charge in [0.1, 0.15) is 12.3 Å². The molecule has 0 bridgehead atoms. The molecule has 1 aromatic heterocycles. The molecule has 0 amide bonds. The molecular formula is C19H29N2O+. The highest BCUT2D eigenvalue weighted by atomic mass is 16.1. The first-order chi connectivity index (χ1) is 10.4. The summed E-state index contributed by atoms with van der Waals surface area (Å²) in [4.78, 5) is 16.9. The predicted molar refractivity (Wildman–Crippen MR) is 89.1 cm³/mol. The standard InChI is InChI=1S/C19H28N2O/c1-14-7-5-9-19(3,4)18(14)17(22)11-15(2)21-13-16-8-6-10-20-12-16/h5-8,10,12,14-15,18,21H,9,11,13H2,1-4H3/p+1/t14-,15-,18-/m1/s1. The van der Waals surface area contributed by atoms with Crippen LogP contribution in [0, 0.1) is 17.3 Å². The first kappa shape index (κ1) is 16.9. The lowest BCUT2D eigenvalue weighted by atomic mass is 9.65. The van der Waals surface area contributed by atoms with Gasteiger partial charge in [-0.1, -0.05) is 39.0 Å². The molecule has 0 spiro atoms. The van der Waals surface area contributed by atoms with E-state index in [0.29, 0.717) is 24.2 Å². The molecule has 2 N–H and O–H groups in total. The third kappa shape index (κ3) is 4.26. The Hall–Kier alpha value is -1.48. The molecule has 22 heavy (non-hydrogen) atoms. The molecule has 0 unspecified atom stereocenters. The second kappa shape index (κ2) is 7.19. The monoisotopic (exact) mass is 301 g/mol. The van der Waals surface area contributed by atoms with Crippen molar-refractivity contribution in [1.29, 1.82) is 0 Å². The summed E-state index contributed by atoms with van der Waals surface area (Å²) in [5, 5.41) is 2.24. The van der Waals surface area contributed by atoms with Gasteiger partial charge in [0.2, 0.25) is 0 Å². The van der Waals surface area contributed by atoms with E-state index in [4.69, 9.17) is 0 Å². The molecule has 0 radical (unpaired) electrons. The fourth-order valence-electron chi connectivity index (χ4n) is 3.65. The molecule has 120 valence electrons. The van der Waals surface area contributed by atoms with Crippen molar-refractivity contribution in [1.82, 2.24) is 4.98 Å². The van der Waals surface area contributed by atoms with Crippen LogP contribution in [0.4, 0.5) is 0 Å². The Morgan fingerprint density at radius 3 is 2.91 bits per heavy atom. The van der Waals surface area contributed by atoms with Crippen LogP contribution < -0.4 is 5.32 Å². The summed E-state index contributed by atoms with van der Waals surface area (Å²) in [7, 11) is 0. The van der Waals surface area contributed by atoms with Crippen molar-refractivity contribution in [3.63, 3.8) is 0 Å². The van der Waals surface area contributed by atoms with Crippen molar-refractivity contribution in [2.24, 2.45) is 17.3 Å². The molecule has 3 nitrogen and oxygen atoms in total. The number of quaternary nitrogens is 1. The van der Waals surface area contributed by atoms with Crippen LogP contribution in [0.1, 0.15) is 46.1 Å². The van der Waals surface area contributed by atoms with Crippen molar-refractivity contribution in [2.75, 3.05) is 0 Å². The van der Waals surface area contributed by atoms with Crippen LogP contribution in [0.2, 0.25) is 0 Å². The normalized spacial score (nSPS) is 24.9. The first-order valence-corrected chi connectivity index (χ1v) is 8.32. The number of pyridine rings is 1. The van der Waals surface area contributed by atoms with Gasteiger partial charge >= 0.3 is 0 Å². The maximum atomic E-state index is 12.8. The zero-order valence-electron chi connectivity index (χ0n) is 14.3. The van der Waals surface area contributed by atoms with Gasteiger partial charge in [0.15, 0.2) is 0 Å². The highest BCUT2D eigenvalue weighted by Gasteiger charge is 2.39. The van der Waals surface area contributed by atoms with Gasteiger partial charge in [-0.15, -0.1) is 0 Å². The fourth-order valence-corrected chi connectivity index (χ4v) is 3.65. The molecule has 1 heterocycles. The van der Waals surface area contributed by atoms with Crippen molar-refractivity contribution in [2.45, 2.75) is 53.1 Å². The molecule has 0 saturated heterocycles. The van der Waals surface area contributed by atoms with E-state index in [1.807, 2.05) is 12.3 Å². The summed E-state index contributed by atoms with van der Waals surface area (Å²) in [6, 6.07) is 4.34. The van der Waals surface area contributed by atoms with Crippen LogP contribution in [0.3, 0.4) is 0 Å². The quantitative estimate of drug-likeness (QED) is 0.821. The summed E-state index contributed by atoms with van der Waals surface area (Å²) in [6.07, 6.45) is 9.76. The lowest BCUT2D eigenvalue weighted by Crippen LogP contribution is -2.88. The van der Waals surface area contributed by atoms with Gasteiger partial charge in [-0.2, -0.15) is 0 Å². The third-order valence-electron chi connectivity index (χ3n) is 4.80. The molecule has 3 heteroatoms.